The molecule has 1 aliphatic rings. The quantitative estimate of drug-likeness (QED) is 0.917. The van der Waals surface area contributed by atoms with Gasteiger partial charge in [0.1, 0.15) is 5.82 Å². The number of morpholine rings is 1. The number of nitrogens with zero attached hydrogens (tertiary/aromatic N) is 3. The van der Waals surface area contributed by atoms with Crippen molar-refractivity contribution in [2.75, 3.05) is 36.9 Å². The normalized spacial score (nSPS) is 15.5. The lowest BCUT2D eigenvalue weighted by atomic mass is 10.1. The Labute approximate surface area is 120 Å². The van der Waals surface area contributed by atoms with Crippen LogP contribution in [0.25, 0.3) is 11.3 Å². The average Bonchev–Trinajstić information content (AvgIpc) is 2.82. The molecule has 1 aliphatic heterocycles. The number of nitrogen functional groups attached to an aromatic ring is 1. The highest BCUT2D eigenvalue weighted by molar-refractivity contribution is 5.78. The Bertz CT molecular complexity index is 646. The summed E-state index contributed by atoms with van der Waals surface area (Å²) in [6.07, 6.45) is 0. The number of anilines is 2. The maximum Gasteiger partial charge on any atom is 0.160 e. The molecular weight excluding hydrogens is 278 g/mol. The second-order valence-corrected chi connectivity index (χ2v) is 4.96. The summed E-state index contributed by atoms with van der Waals surface area (Å²) in [6.45, 7) is 2.37. The molecular formula is C14H16F2N4O. The molecule has 5 nitrogen and oxygen atoms in total. The summed E-state index contributed by atoms with van der Waals surface area (Å²) >= 11 is 0. The van der Waals surface area contributed by atoms with Gasteiger partial charge in [0, 0.05) is 43.5 Å². The first-order valence-electron chi connectivity index (χ1n) is 6.68. The molecule has 1 fully saturated rings. The molecule has 21 heavy (non-hydrogen) atoms. The number of nitrogens with two attached hydrogens (primary N) is 1. The summed E-state index contributed by atoms with van der Waals surface area (Å²) in [5, 5.41) is 4.25. The molecule has 2 aromatic rings. The fourth-order valence-electron chi connectivity index (χ4n) is 2.42. The summed E-state index contributed by atoms with van der Waals surface area (Å²) in [5.41, 5.74) is 7.43. The molecule has 0 atom stereocenters. The van der Waals surface area contributed by atoms with E-state index < -0.39 is 11.6 Å². The van der Waals surface area contributed by atoms with Crippen molar-refractivity contribution in [2.24, 2.45) is 7.05 Å². The van der Waals surface area contributed by atoms with Gasteiger partial charge >= 0.3 is 0 Å². The van der Waals surface area contributed by atoms with E-state index in [9.17, 15) is 8.78 Å². The van der Waals surface area contributed by atoms with Crippen LogP contribution in [0.4, 0.5) is 20.3 Å². The molecule has 2 N–H and O–H groups in total. The Morgan fingerprint density at radius 1 is 1.14 bits per heavy atom. The summed E-state index contributed by atoms with van der Waals surface area (Å²) < 4.78 is 34.1. The first-order valence-corrected chi connectivity index (χ1v) is 6.68. The second-order valence-electron chi connectivity index (χ2n) is 4.96. The molecule has 0 bridgehead atoms. The van der Waals surface area contributed by atoms with E-state index in [-0.39, 0.29) is 0 Å². The largest absolute Gasteiger partial charge is 0.384 e. The zero-order valence-electron chi connectivity index (χ0n) is 11.6. The van der Waals surface area contributed by atoms with Crippen LogP contribution in [0, 0.1) is 11.6 Å². The highest BCUT2D eigenvalue weighted by atomic mass is 19.2. The summed E-state index contributed by atoms with van der Waals surface area (Å²) in [5.74, 6) is -1.31. The summed E-state index contributed by atoms with van der Waals surface area (Å²) in [7, 11) is 1.70. The lowest BCUT2D eigenvalue weighted by molar-refractivity contribution is 0.122. The van der Waals surface area contributed by atoms with Crippen molar-refractivity contribution < 1.29 is 13.5 Å². The van der Waals surface area contributed by atoms with Gasteiger partial charge in [0.2, 0.25) is 0 Å². The van der Waals surface area contributed by atoms with Crippen molar-refractivity contribution in [1.29, 1.82) is 0 Å². The van der Waals surface area contributed by atoms with E-state index in [1.807, 2.05) is 4.90 Å². The van der Waals surface area contributed by atoms with Crippen molar-refractivity contribution >= 4 is 11.5 Å². The molecule has 3 rings (SSSR count). The molecule has 1 aromatic carbocycles. The Morgan fingerprint density at radius 3 is 2.43 bits per heavy atom. The average molecular weight is 294 g/mol. The minimum absolute atomic E-state index is 0.461. The number of hydrogen-bond donors (Lipinski definition) is 1. The van der Waals surface area contributed by atoms with Crippen LogP contribution in [-0.2, 0) is 11.8 Å². The summed E-state index contributed by atoms with van der Waals surface area (Å²) in [6, 6.07) is 4.03. The van der Waals surface area contributed by atoms with Crippen LogP contribution < -0.4 is 10.6 Å². The lowest BCUT2D eigenvalue weighted by Crippen LogP contribution is -2.36. The number of aromatic nitrogens is 2. The van der Waals surface area contributed by atoms with E-state index in [1.165, 1.54) is 16.8 Å². The maximum atomic E-state index is 13.6. The third kappa shape index (κ3) is 2.56. The number of aryl methyl sites for hydroxylation is 1. The molecule has 2 heterocycles. The maximum absolute atomic E-state index is 13.6. The Morgan fingerprint density at radius 2 is 1.81 bits per heavy atom. The first-order chi connectivity index (χ1) is 10.1. The highest BCUT2D eigenvalue weighted by Gasteiger charge is 2.20. The van der Waals surface area contributed by atoms with E-state index in [2.05, 4.69) is 5.10 Å². The van der Waals surface area contributed by atoms with Gasteiger partial charge in [-0.25, -0.2) is 8.78 Å². The van der Waals surface area contributed by atoms with Crippen LogP contribution in [-0.4, -0.2) is 36.1 Å². The van der Waals surface area contributed by atoms with Crippen LogP contribution in [0.5, 0.6) is 0 Å². The fourth-order valence-corrected chi connectivity index (χ4v) is 2.42. The smallest absolute Gasteiger partial charge is 0.160 e. The zero-order valence-corrected chi connectivity index (χ0v) is 11.6. The van der Waals surface area contributed by atoms with Gasteiger partial charge in [-0.2, -0.15) is 5.10 Å². The SMILES string of the molecule is Cn1nc(-c2cc(F)c(F)cc2N2CCOCC2)cc1N. The monoisotopic (exact) mass is 294 g/mol. The Kier molecular flexibility index (Phi) is 3.50. The van der Waals surface area contributed by atoms with Crippen LogP contribution in [0.15, 0.2) is 18.2 Å². The second kappa shape index (κ2) is 5.33. The van der Waals surface area contributed by atoms with Gasteiger partial charge in [-0.3, -0.25) is 4.68 Å². The van der Waals surface area contributed by atoms with Crippen molar-refractivity contribution in [3.8, 4) is 11.3 Å². The van der Waals surface area contributed by atoms with Crippen molar-refractivity contribution in [1.82, 2.24) is 9.78 Å². The standard InChI is InChI=1S/C14H16F2N4O/c1-19-14(17)8-12(18-19)9-6-10(15)11(16)7-13(9)20-2-4-21-5-3-20/h6-8H,2-5,17H2,1H3. The van der Waals surface area contributed by atoms with Gasteiger partial charge in [0.25, 0.3) is 0 Å². The molecule has 0 radical (unpaired) electrons. The highest BCUT2D eigenvalue weighted by Crippen LogP contribution is 2.33. The fraction of sp³-hybridized carbons (Fsp3) is 0.357. The van der Waals surface area contributed by atoms with Gasteiger partial charge in [-0.15, -0.1) is 0 Å². The summed E-state index contributed by atoms with van der Waals surface area (Å²) in [4.78, 5) is 1.96. The van der Waals surface area contributed by atoms with Crippen molar-refractivity contribution in [3.63, 3.8) is 0 Å². The number of benzene rings is 1. The van der Waals surface area contributed by atoms with E-state index in [0.717, 1.165) is 0 Å². The predicted octanol–water partition coefficient (Wildman–Crippen LogP) is 1.78. The van der Waals surface area contributed by atoms with Gasteiger partial charge < -0.3 is 15.4 Å². The molecule has 0 saturated carbocycles. The third-order valence-corrected chi connectivity index (χ3v) is 3.58. The Balaban J connectivity index is 2.10. The van der Waals surface area contributed by atoms with E-state index in [1.54, 1.807) is 13.1 Å². The van der Waals surface area contributed by atoms with Gasteiger partial charge in [0.15, 0.2) is 11.6 Å². The van der Waals surface area contributed by atoms with Crippen LogP contribution in [0.3, 0.4) is 0 Å². The van der Waals surface area contributed by atoms with E-state index in [0.29, 0.717) is 49.1 Å². The van der Waals surface area contributed by atoms with E-state index in [4.69, 9.17) is 10.5 Å². The molecule has 0 spiro atoms. The van der Waals surface area contributed by atoms with E-state index >= 15 is 0 Å². The molecule has 112 valence electrons. The molecule has 0 amide bonds. The molecule has 7 heteroatoms. The topological polar surface area (TPSA) is 56.3 Å². The number of hydrogen-bond acceptors (Lipinski definition) is 4. The third-order valence-electron chi connectivity index (χ3n) is 3.58. The van der Waals surface area contributed by atoms with Crippen LogP contribution in [0.1, 0.15) is 0 Å². The number of rotatable bonds is 2. The number of ether oxygens (including phenoxy) is 1. The van der Waals surface area contributed by atoms with Gasteiger partial charge in [-0.1, -0.05) is 0 Å². The molecule has 0 unspecified atom stereocenters. The molecule has 1 saturated heterocycles. The van der Waals surface area contributed by atoms with Crippen molar-refractivity contribution in [2.45, 2.75) is 0 Å². The zero-order chi connectivity index (χ0) is 15.0. The van der Waals surface area contributed by atoms with Gasteiger partial charge in [-0.05, 0) is 6.07 Å². The predicted molar refractivity (Wildman–Crippen MR) is 76.0 cm³/mol. The van der Waals surface area contributed by atoms with Gasteiger partial charge in [0.05, 0.1) is 18.9 Å². The first kappa shape index (κ1) is 13.8. The minimum atomic E-state index is -0.897. The van der Waals surface area contributed by atoms with Crippen LogP contribution in [0.2, 0.25) is 0 Å². The van der Waals surface area contributed by atoms with Crippen LogP contribution >= 0.6 is 0 Å². The van der Waals surface area contributed by atoms with Crippen molar-refractivity contribution in [3.05, 3.63) is 29.8 Å². The number of halogens is 2. The minimum Gasteiger partial charge on any atom is -0.384 e. The molecule has 1 aromatic heterocycles. The lowest BCUT2D eigenvalue weighted by Gasteiger charge is -2.30. The molecule has 0 aliphatic carbocycles. The Hall–Kier alpha value is -2.15.